The normalized spacial score (nSPS) is 19.1. The van der Waals surface area contributed by atoms with Gasteiger partial charge in [0.25, 0.3) is 0 Å². The first-order valence-corrected chi connectivity index (χ1v) is 7.89. The molecule has 0 aromatic heterocycles. The Labute approximate surface area is 115 Å². The fraction of sp³-hybridized carbons (Fsp3) is 0.500. The molecule has 1 unspecified atom stereocenters. The second-order valence-corrected chi connectivity index (χ2v) is 6.15. The van der Waals surface area contributed by atoms with E-state index in [-0.39, 0.29) is 0 Å². The van der Waals surface area contributed by atoms with Crippen molar-refractivity contribution >= 4 is 11.8 Å². The van der Waals surface area contributed by atoms with Crippen molar-refractivity contribution in [3.63, 3.8) is 0 Å². The molecule has 2 heteroatoms. The first kappa shape index (κ1) is 13.7. The zero-order chi connectivity index (χ0) is 12.6. The van der Waals surface area contributed by atoms with Crippen LogP contribution >= 0.6 is 11.8 Å². The van der Waals surface area contributed by atoms with Gasteiger partial charge in [0.05, 0.1) is 0 Å². The number of hydrogen-bond donors (Lipinski definition) is 1. The van der Waals surface area contributed by atoms with Gasteiger partial charge in [0, 0.05) is 16.7 Å². The summed E-state index contributed by atoms with van der Waals surface area (Å²) in [6.45, 7) is 4.29. The van der Waals surface area contributed by atoms with Crippen molar-refractivity contribution in [1.82, 2.24) is 5.32 Å². The first-order chi connectivity index (χ1) is 8.88. The van der Waals surface area contributed by atoms with Crippen molar-refractivity contribution < 1.29 is 0 Å². The van der Waals surface area contributed by atoms with Gasteiger partial charge in [0.15, 0.2) is 0 Å². The number of nitrogens with one attached hydrogen (secondary N) is 1. The third-order valence-electron chi connectivity index (χ3n) is 3.18. The zero-order valence-corrected chi connectivity index (χ0v) is 12.0. The molecule has 1 nitrogen and oxygen atoms in total. The summed E-state index contributed by atoms with van der Waals surface area (Å²) in [4.78, 5) is 1.39. The van der Waals surface area contributed by atoms with Gasteiger partial charge in [0.1, 0.15) is 0 Å². The van der Waals surface area contributed by atoms with Gasteiger partial charge in [-0.2, -0.15) is 0 Å². The van der Waals surface area contributed by atoms with Crippen molar-refractivity contribution in [2.75, 3.05) is 6.54 Å². The van der Waals surface area contributed by atoms with E-state index in [1.807, 2.05) is 11.8 Å². The largest absolute Gasteiger partial charge is 0.313 e. The maximum Gasteiger partial charge on any atom is 0.0274 e. The average Bonchev–Trinajstić information content (AvgIpc) is 2.42. The Morgan fingerprint density at radius 3 is 2.78 bits per heavy atom. The van der Waals surface area contributed by atoms with Crippen LogP contribution in [-0.4, -0.2) is 11.8 Å². The summed E-state index contributed by atoms with van der Waals surface area (Å²) in [6.07, 6.45) is 9.81. The van der Waals surface area contributed by atoms with Crippen LogP contribution in [0.5, 0.6) is 0 Å². The van der Waals surface area contributed by atoms with Gasteiger partial charge in [0.2, 0.25) is 0 Å². The number of allylic oxidation sites excluding steroid dienone is 1. The Bertz CT molecular complexity index is 369. The standard InChI is InChI=1S/C16H23NS/c1-2-12-17-13-14-8-10-16(11-9-14)18-15-6-4-3-5-7-15/h4,6,8-11,15,17H,2-3,5,7,12-13H2,1H3. The molecule has 0 fully saturated rings. The summed E-state index contributed by atoms with van der Waals surface area (Å²) in [6, 6.07) is 9.02. The molecule has 98 valence electrons. The summed E-state index contributed by atoms with van der Waals surface area (Å²) >= 11 is 1.99. The highest BCUT2D eigenvalue weighted by Crippen LogP contribution is 2.30. The predicted molar refractivity (Wildman–Crippen MR) is 81.1 cm³/mol. The summed E-state index contributed by atoms with van der Waals surface area (Å²) in [5.74, 6) is 0. The van der Waals surface area contributed by atoms with Crippen molar-refractivity contribution in [2.45, 2.75) is 49.3 Å². The SMILES string of the molecule is CCCNCc1ccc(SC2C=CCCC2)cc1. The van der Waals surface area contributed by atoms with E-state index in [2.05, 4.69) is 48.7 Å². The molecule has 1 aromatic rings. The van der Waals surface area contributed by atoms with E-state index in [0.717, 1.165) is 13.1 Å². The Hall–Kier alpha value is -0.730. The van der Waals surface area contributed by atoms with Crippen LogP contribution in [0.3, 0.4) is 0 Å². The minimum atomic E-state index is 0.683. The molecule has 1 aliphatic rings. The maximum atomic E-state index is 3.43. The van der Waals surface area contributed by atoms with Crippen LogP contribution in [0.2, 0.25) is 0 Å². The molecule has 0 heterocycles. The topological polar surface area (TPSA) is 12.0 Å². The van der Waals surface area contributed by atoms with Crippen LogP contribution in [0.1, 0.15) is 38.2 Å². The van der Waals surface area contributed by atoms with E-state index in [1.165, 1.54) is 36.1 Å². The molecule has 0 aliphatic heterocycles. The van der Waals surface area contributed by atoms with Gasteiger partial charge in [-0.25, -0.2) is 0 Å². The summed E-state index contributed by atoms with van der Waals surface area (Å²) in [7, 11) is 0. The molecule has 0 saturated heterocycles. The Morgan fingerprint density at radius 1 is 1.28 bits per heavy atom. The monoisotopic (exact) mass is 261 g/mol. The highest BCUT2D eigenvalue weighted by molar-refractivity contribution is 8.00. The molecule has 0 saturated carbocycles. The number of benzene rings is 1. The molecular formula is C16H23NS. The first-order valence-electron chi connectivity index (χ1n) is 7.01. The fourth-order valence-corrected chi connectivity index (χ4v) is 3.27. The zero-order valence-electron chi connectivity index (χ0n) is 11.2. The molecule has 2 rings (SSSR count). The summed E-state index contributed by atoms with van der Waals surface area (Å²) in [5, 5.41) is 4.12. The third-order valence-corrected chi connectivity index (χ3v) is 4.42. The van der Waals surface area contributed by atoms with Gasteiger partial charge < -0.3 is 5.32 Å². The predicted octanol–water partition coefficient (Wildman–Crippen LogP) is 4.39. The van der Waals surface area contributed by atoms with Crippen LogP contribution in [0.4, 0.5) is 0 Å². The van der Waals surface area contributed by atoms with Gasteiger partial charge in [-0.1, -0.05) is 31.2 Å². The smallest absolute Gasteiger partial charge is 0.0274 e. The molecule has 1 aromatic carbocycles. The summed E-state index contributed by atoms with van der Waals surface area (Å²) < 4.78 is 0. The van der Waals surface area contributed by atoms with Gasteiger partial charge in [-0.15, -0.1) is 11.8 Å². The van der Waals surface area contributed by atoms with Gasteiger partial charge >= 0.3 is 0 Å². The van der Waals surface area contributed by atoms with Crippen molar-refractivity contribution in [2.24, 2.45) is 0 Å². The number of rotatable bonds is 6. The molecule has 0 radical (unpaired) electrons. The second kappa shape index (κ2) is 7.65. The lowest BCUT2D eigenvalue weighted by molar-refractivity contribution is 0.675. The Morgan fingerprint density at radius 2 is 2.11 bits per heavy atom. The number of hydrogen-bond acceptors (Lipinski definition) is 2. The Kier molecular flexibility index (Phi) is 5.82. The van der Waals surface area contributed by atoms with E-state index in [0.29, 0.717) is 5.25 Å². The van der Waals surface area contributed by atoms with Crippen LogP contribution in [-0.2, 0) is 6.54 Å². The maximum absolute atomic E-state index is 3.43. The average molecular weight is 261 g/mol. The molecule has 18 heavy (non-hydrogen) atoms. The fourth-order valence-electron chi connectivity index (χ4n) is 2.15. The third kappa shape index (κ3) is 4.51. The minimum absolute atomic E-state index is 0.683. The lowest BCUT2D eigenvalue weighted by Gasteiger charge is -2.15. The van der Waals surface area contributed by atoms with Gasteiger partial charge in [-0.3, -0.25) is 0 Å². The van der Waals surface area contributed by atoms with Crippen molar-refractivity contribution in [1.29, 1.82) is 0 Å². The molecule has 0 amide bonds. The lowest BCUT2D eigenvalue weighted by Crippen LogP contribution is -2.13. The molecular weight excluding hydrogens is 238 g/mol. The van der Waals surface area contributed by atoms with E-state index in [9.17, 15) is 0 Å². The highest BCUT2D eigenvalue weighted by atomic mass is 32.2. The lowest BCUT2D eigenvalue weighted by atomic mass is 10.1. The van der Waals surface area contributed by atoms with Crippen molar-refractivity contribution in [3.8, 4) is 0 Å². The van der Waals surface area contributed by atoms with Crippen molar-refractivity contribution in [3.05, 3.63) is 42.0 Å². The second-order valence-electron chi connectivity index (χ2n) is 4.84. The summed E-state index contributed by atoms with van der Waals surface area (Å²) in [5.41, 5.74) is 1.38. The molecule has 1 aliphatic carbocycles. The molecule has 0 bridgehead atoms. The van der Waals surface area contributed by atoms with Gasteiger partial charge in [-0.05, 0) is 49.9 Å². The quantitative estimate of drug-likeness (QED) is 0.602. The van der Waals surface area contributed by atoms with Crippen LogP contribution in [0.25, 0.3) is 0 Å². The minimum Gasteiger partial charge on any atom is -0.313 e. The Balaban J connectivity index is 1.83. The van der Waals surface area contributed by atoms with Crippen LogP contribution in [0.15, 0.2) is 41.3 Å². The van der Waals surface area contributed by atoms with E-state index in [1.54, 1.807) is 0 Å². The van der Waals surface area contributed by atoms with Crippen LogP contribution in [0, 0.1) is 0 Å². The van der Waals surface area contributed by atoms with Crippen LogP contribution < -0.4 is 5.32 Å². The van der Waals surface area contributed by atoms with E-state index < -0.39 is 0 Å². The molecule has 1 N–H and O–H groups in total. The van der Waals surface area contributed by atoms with E-state index >= 15 is 0 Å². The molecule has 1 atom stereocenters. The molecule has 0 spiro atoms. The highest BCUT2D eigenvalue weighted by Gasteiger charge is 2.09. The van der Waals surface area contributed by atoms with E-state index in [4.69, 9.17) is 0 Å². The number of thioether (sulfide) groups is 1.